The molecule has 0 aliphatic heterocycles. The molecule has 0 aromatic heterocycles. The average molecular weight is 373 g/mol. The summed E-state index contributed by atoms with van der Waals surface area (Å²) in [5, 5.41) is 50.1. The second-order valence-electron chi connectivity index (χ2n) is 6.05. The lowest BCUT2D eigenvalue weighted by molar-refractivity contribution is 0.449. The molecule has 0 amide bonds. The zero-order valence-corrected chi connectivity index (χ0v) is 14.4. The third-order valence-electron chi connectivity index (χ3n) is 4.12. The summed E-state index contributed by atoms with van der Waals surface area (Å²) in [7, 11) is 0. The van der Waals surface area contributed by atoms with E-state index in [9.17, 15) is 25.5 Å². The molecule has 0 fully saturated rings. The van der Waals surface area contributed by atoms with Crippen LogP contribution in [0.3, 0.4) is 0 Å². The monoisotopic (exact) mass is 372 g/mol. The van der Waals surface area contributed by atoms with Gasteiger partial charge in [0, 0.05) is 40.1 Å². The molecule has 134 valence electrons. The van der Waals surface area contributed by atoms with Gasteiger partial charge in [0.2, 0.25) is 0 Å². The average Bonchev–Trinajstić information content (AvgIpc) is 2.58. The molecular formula is C20H17ClO5. The van der Waals surface area contributed by atoms with Gasteiger partial charge in [-0.3, -0.25) is 0 Å². The van der Waals surface area contributed by atoms with E-state index in [1.165, 1.54) is 36.4 Å². The number of phenolic OH excluding ortho intramolecular Hbond substituents is 5. The van der Waals surface area contributed by atoms with E-state index >= 15 is 0 Å². The first-order chi connectivity index (χ1) is 12.3. The number of rotatable bonds is 4. The van der Waals surface area contributed by atoms with Crippen molar-refractivity contribution in [2.75, 3.05) is 0 Å². The summed E-state index contributed by atoms with van der Waals surface area (Å²) in [5.74, 6) is -0.0305. The highest BCUT2D eigenvalue weighted by atomic mass is 35.5. The Balaban J connectivity index is 1.98. The summed E-state index contributed by atoms with van der Waals surface area (Å²) < 4.78 is 0. The van der Waals surface area contributed by atoms with Crippen molar-refractivity contribution in [3.05, 3.63) is 75.8 Å². The van der Waals surface area contributed by atoms with Crippen LogP contribution < -0.4 is 0 Å². The summed E-state index contributed by atoms with van der Waals surface area (Å²) in [6.45, 7) is 0. The molecule has 26 heavy (non-hydrogen) atoms. The largest absolute Gasteiger partial charge is 0.508 e. The van der Waals surface area contributed by atoms with Crippen LogP contribution in [0, 0.1) is 0 Å². The van der Waals surface area contributed by atoms with E-state index < -0.39 is 0 Å². The predicted molar refractivity (Wildman–Crippen MR) is 98.3 cm³/mol. The molecule has 3 aromatic rings. The molecule has 0 bridgehead atoms. The molecule has 0 aliphatic carbocycles. The van der Waals surface area contributed by atoms with Crippen molar-refractivity contribution >= 4 is 11.6 Å². The predicted octanol–water partition coefficient (Wildman–Crippen LogP) is 4.05. The van der Waals surface area contributed by atoms with Gasteiger partial charge in [0.05, 0.1) is 0 Å². The third kappa shape index (κ3) is 3.78. The molecule has 5 N–H and O–H groups in total. The van der Waals surface area contributed by atoms with Crippen LogP contribution in [0.25, 0.3) is 0 Å². The van der Waals surface area contributed by atoms with E-state index in [-0.39, 0.29) is 41.6 Å². The Morgan fingerprint density at radius 3 is 1.42 bits per heavy atom. The first-order valence-corrected chi connectivity index (χ1v) is 8.23. The molecule has 0 radical (unpaired) electrons. The van der Waals surface area contributed by atoms with E-state index in [2.05, 4.69) is 0 Å². The molecule has 0 unspecified atom stereocenters. The zero-order chi connectivity index (χ0) is 18.8. The maximum Gasteiger partial charge on any atom is 0.122 e. The molecule has 0 spiro atoms. The minimum Gasteiger partial charge on any atom is -0.508 e. The standard InChI is InChI=1S/C20H17ClO5/c21-15-7-13(5-11-9-16(22)1-3-18(11)24)20(26)14(8-15)6-12-10-17(23)2-4-19(12)25/h1-4,7-10,22-26H,5-6H2. The van der Waals surface area contributed by atoms with Crippen molar-refractivity contribution in [1.82, 2.24) is 0 Å². The van der Waals surface area contributed by atoms with Gasteiger partial charge < -0.3 is 25.5 Å². The van der Waals surface area contributed by atoms with Gasteiger partial charge in [-0.25, -0.2) is 0 Å². The topological polar surface area (TPSA) is 101 Å². The van der Waals surface area contributed by atoms with Crippen LogP contribution in [0.4, 0.5) is 0 Å². The number of aromatic hydroxyl groups is 5. The molecule has 5 nitrogen and oxygen atoms in total. The molecule has 0 aliphatic rings. The van der Waals surface area contributed by atoms with Gasteiger partial charge >= 0.3 is 0 Å². The van der Waals surface area contributed by atoms with Gasteiger partial charge in [0.1, 0.15) is 28.7 Å². The fraction of sp³-hybridized carbons (Fsp3) is 0.100. The van der Waals surface area contributed by atoms with Crippen LogP contribution in [-0.2, 0) is 12.8 Å². The highest BCUT2D eigenvalue weighted by Gasteiger charge is 2.14. The highest BCUT2D eigenvalue weighted by Crippen LogP contribution is 2.35. The number of phenols is 5. The molecule has 0 heterocycles. The number of hydrogen-bond acceptors (Lipinski definition) is 5. The zero-order valence-electron chi connectivity index (χ0n) is 13.6. The van der Waals surface area contributed by atoms with Crippen molar-refractivity contribution in [1.29, 1.82) is 0 Å². The second-order valence-corrected chi connectivity index (χ2v) is 6.49. The van der Waals surface area contributed by atoms with E-state index in [4.69, 9.17) is 11.6 Å². The Morgan fingerprint density at radius 1 is 0.577 bits per heavy atom. The maximum absolute atomic E-state index is 10.6. The van der Waals surface area contributed by atoms with Gasteiger partial charge in [-0.1, -0.05) is 11.6 Å². The van der Waals surface area contributed by atoms with E-state index in [0.717, 1.165) is 0 Å². The van der Waals surface area contributed by atoms with Crippen molar-refractivity contribution in [3.63, 3.8) is 0 Å². The molecular weight excluding hydrogens is 356 g/mol. The molecule has 0 atom stereocenters. The van der Waals surface area contributed by atoms with Gasteiger partial charge in [0.15, 0.2) is 0 Å². The molecule has 0 saturated carbocycles. The van der Waals surface area contributed by atoms with Gasteiger partial charge in [-0.15, -0.1) is 0 Å². The fourth-order valence-electron chi connectivity index (χ4n) is 2.82. The summed E-state index contributed by atoms with van der Waals surface area (Å²) >= 11 is 6.16. The SMILES string of the molecule is Oc1ccc(O)c(Cc2cc(Cl)cc(Cc3cc(O)ccc3O)c2O)c1. The van der Waals surface area contributed by atoms with E-state index in [1.54, 1.807) is 12.1 Å². The fourth-order valence-corrected chi connectivity index (χ4v) is 3.09. The Kier molecular flexibility index (Phi) is 4.82. The molecule has 6 heteroatoms. The lowest BCUT2D eigenvalue weighted by atomic mass is 9.96. The lowest BCUT2D eigenvalue weighted by Gasteiger charge is -2.13. The van der Waals surface area contributed by atoms with Gasteiger partial charge in [-0.2, -0.15) is 0 Å². The summed E-state index contributed by atoms with van der Waals surface area (Å²) in [5.41, 5.74) is 1.81. The third-order valence-corrected chi connectivity index (χ3v) is 4.34. The van der Waals surface area contributed by atoms with Crippen LogP contribution in [0.5, 0.6) is 28.7 Å². The normalized spacial score (nSPS) is 10.8. The maximum atomic E-state index is 10.6. The number of hydrogen-bond donors (Lipinski definition) is 5. The molecule has 3 rings (SSSR count). The van der Waals surface area contributed by atoms with Crippen LogP contribution in [0.1, 0.15) is 22.3 Å². The van der Waals surface area contributed by atoms with Crippen molar-refractivity contribution < 1.29 is 25.5 Å². The minimum atomic E-state index is -0.0279. The van der Waals surface area contributed by atoms with Crippen molar-refractivity contribution in [3.8, 4) is 28.7 Å². The van der Waals surface area contributed by atoms with Crippen LogP contribution in [0.15, 0.2) is 48.5 Å². The van der Waals surface area contributed by atoms with Crippen molar-refractivity contribution in [2.24, 2.45) is 0 Å². The molecule has 0 saturated heterocycles. The highest BCUT2D eigenvalue weighted by molar-refractivity contribution is 6.30. The Labute approximate surface area is 155 Å². The number of halogens is 1. The quantitative estimate of drug-likeness (QED) is 0.445. The van der Waals surface area contributed by atoms with Gasteiger partial charge in [0.25, 0.3) is 0 Å². The summed E-state index contributed by atoms with van der Waals surface area (Å²) in [6.07, 6.45) is 0.317. The Hall–Kier alpha value is -3.05. The van der Waals surface area contributed by atoms with Gasteiger partial charge in [-0.05, 0) is 48.5 Å². The van der Waals surface area contributed by atoms with Crippen LogP contribution >= 0.6 is 11.6 Å². The van der Waals surface area contributed by atoms with E-state index in [1.807, 2.05) is 0 Å². The second kappa shape index (κ2) is 7.06. The first kappa shape index (κ1) is 17.8. The Bertz CT molecular complexity index is 894. The number of benzene rings is 3. The first-order valence-electron chi connectivity index (χ1n) is 7.85. The van der Waals surface area contributed by atoms with Crippen molar-refractivity contribution in [2.45, 2.75) is 12.8 Å². The van der Waals surface area contributed by atoms with Crippen LogP contribution in [-0.4, -0.2) is 25.5 Å². The van der Waals surface area contributed by atoms with Crippen LogP contribution in [0.2, 0.25) is 5.02 Å². The lowest BCUT2D eigenvalue weighted by Crippen LogP contribution is -1.96. The summed E-state index contributed by atoms with van der Waals surface area (Å²) in [4.78, 5) is 0. The Morgan fingerprint density at radius 2 is 1.00 bits per heavy atom. The minimum absolute atomic E-state index is 0.00391. The summed E-state index contributed by atoms with van der Waals surface area (Å²) in [6, 6.07) is 11.5. The smallest absolute Gasteiger partial charge is 0.122 e. The van der Waals surface area contributed by atoms with E-state index in [0.29, 0.717) is 27.3 Å². The molecule has 3 aromatic carbocycles.